The monoisotopic (exact) mass is 286 g/mol. The molecule has 2 N–H and O–H groups in total. The third kappa shape index (κ3) is 3.73. The predicted octanol–water partition coefficient (Wildman–Crippen LogP) is 3.41. The molecular weight excluding hydrogens is 265 g/mol. The molecule has 0 bridgehead atoms. The van der Waals surface area contributed by atoms with Crippen LogP contribution < -0.4 is 5.73 Å². The maximum absolute atomic E-state index is 12.7. The van der Waals surface area contributed by atoms with Crippen LogP contribution in [-0.4, -0.2) is 23.5 Å². The molecule has 1 heterocycles. The molecule has 0 spiro atoms. The van der Waals surface area contributed by atoms with Gasteiger partial charge in [-0.05, 0) is 37.9 Å². The Morgan fingerprint density at radius 3 is 2.75 bits per heavy atom. The van der Waals surface area contributed by atoms with Gasteiger partial charge in [0.2, 0.25) is 0 Å². The lowest BCUT2D eigenvalue weighted by atomic mass is 9.96. The zero-order valence-electron chi connectivity index (χ0n) is 11.7. The number of nitrogens with zero attached hydrogens (tertiary/aromatic N) is 1. The lowest BCUT2D eigenvalue weighted by Crippen LogP contribution is -2.48. The topological polar surface area (TPSA) is 29.3 Å². The van der Waals surface area contributed by atoms with E-state index in [-0.39, 0.29) is 12.1 Å². The molecule has 1 fully saturated rings. The standard InChI is InChI=1S/C15H21F3N2/c1-11(19)14-7-2-3-8-20(14)10-12-5-4-6-13(9-12)15(16,17)18/h4-6,9,11,14H,2-3,7-8,10,19H2,1H3. The molecular formula is C15H21F3N2. The number of nitrogens with two attached hydrogens (primary N) is 1. The van der Waals surface area contributed by atoms with Crippen molar-refractivity contribution in [2.75, 3.05) is 6.54 Å². The number of rotatable bonds is 3. The maximum Gasteiger partial charge on any atom is 0.416 e. The van der Waals surface area contributed by atoms with E-state index in [2.05, 4.69) is 4.90 Å². The second kappa shape index (κ2) is 6.14. The van der Waals surface area contributed by atoms with Crippen LogP contribution in [0, 0.1) is 0 Å². The van der Waals surface area contributed by atoms with Crippen LogP contribution in [0.2, 0.25) is 0 Å². The Bertz CT molecular complexity index is 443. The summed E-state index contributed by atoms with van der Waals surface area (Å²) in [5.41, 5.74) is 6.11. The predicted molar refractivity (Wildman–Crippen MR) is 73.1 cm³/mol. The van der Waals surface area contributed by atoms with Gasteiger partial charge in [-0.3, -0.25) is 4.90 Å². The second-order valence-electron chi connectivity index (χ2n) is 5.59. The molecule has 2 atom stereocenters. The molecule has 20 heavy (non-hydrogen) atoms. The van der Waals surface area contributed by atoms with Crippen LogP contribution >= 0.6 is 0 Å². The molecule has 2 unspecified atom stereocenters. The highest BCUT2D eigenvalue weighted by atomic mass is 19.4. The van der Waals surface area contributed by atoms with Gasteiger partial charge in [0.1, 0.15) is 0 Å². The van der Waals surface area contributed by atoms with Crippen LogP contribution in [0.4, 0.5) is 13.2 Å². The normalized spacial score (nSPS) is 22.8. The summed E-state index contributed by atoms with van der Waals surface area (Å²) in [4.78, 5) is 2.21. The van der Waals surface area contributed by atoms with Crippen molar-refractivity contribution in [2.45, 2.75) is 51.0 Å². The van der Waals surface area contributed by atoms with Gasteiger partial charge in [-0.25, -0.2) is 0 Å². The van der Waals surface area contributed by atoms with Gasteiger partial charge < -0.3 is 5.73 Å². The summed E-state index contributed by atoms with van der Waals surface area (Å²) in [6, 6.07) is 5.89. The van der Waals surface area contributed by atoms with Crippen molar-refractivity contribution in [3.63, 3.8) is 0 Å². The van der Waals surface area contributed by atoms with Crippen molar-refractivity contribution in [2.24, 2.45) is 5.73 Å². The van der Waals surface area contributed by atoms with Crippen molar-refractivity contribution in [3.8, 4) is 0 Å². The summed E-state index contributed by atoms with van der Waals surface area (Å²) < 4.78 is 38.2. The first-order valence-corrected chi connectivity index (χ1v) is 7.03. The van der Waals surface area contributed by atoms with Gasteiger partial charge in [-0.2, -0.15) is 13.2 Å². The molecule has 1 aliphatic heterocycles. The van der Waals surface area contributed by atoms with Gasteiger partial charge in [0, 0.05) is 18.6 Å². The van der Waals surface area contributed by atoms with Crippen LogP contribution in [0.3, 0.4) is 0 Å². The minimum Gasteiger partial charge on any atom is -0.327 e. The molecule has 1 aromatic rings. The van der Waals surface area contributed by atoms with Crippen LogP contribution in [0.1, 0.15) is 37.3 Å². The average molecular weight is 286 g/mol. The molecule has 112 valence electrons. The summed E-state index contributed by atoms with van der Waals surface area (Å²) in [5.74, 6) is 0. The fourth-order valence-electron chi connectivity index (χ4n) is 2.89. The van der Waals surface area contributed by atoms with Gasteiger partial charge in [-0.1, -0.05) is 24.6 Å². The van der Waals surface area contributed by atoms with Gasteiger partial charge in [-0.15, -0.1) is 0 Å². The summed E-state index contributed by atoms with van der Waals surface area (Å²) in [7, 11) is 0. The smallest absolute Gasteiger partial charge is 0.327 e. The van der Waals surface area contributed by atoms with Gasteiger partial charge in [0.15, 0.2) is 0 Å². The zero-order chi connectivity index (χ0) is 14.8. The van der Waals surface area contributed by atoms with Crippen LogP contribution in [0.15, 0.2) is 24.3 Å². The number of benzene rings is 1. The molecule has 1 saturated heterocycles. The van der Waals surface area contributed by atoms with Gasteiger partial charge in [0.25, 0.3) is 0 Å². The van der Waals surface area contributed by atoms with Gasteiger partial charge >= 0.3 is 6.18 Å². The fourth-order valence-corrected chi connectivity index (χ4v) is 2.89. The third-order valence-corrected chi connectivity index (χ3v) is 3.91. The molecule has 0 amide bonds. The molecule has 0 saturated carbocycles. The first-order valence-electron chi connectivity index (χ1n) is 7.03. The second-order valence-corrected chi connectivity index (χ2v) is 5.59. The summed E-state index contributed by atoms with van der Waals surface area (Å²) >= 11 is 0. The quantitative estimate of drug-likeness (QED) is 0.922. The third-order valence-electron chi connectivity index (χ3n) is 3.91. The van der Waals surface area contributed by atoms with E-state index < -0.39 is 11.7 Å². The zero-order valence-corrected chi connectivity index (χ0v) is 11.7. The Hall–Kier alpha value is -1.07. The van der Waals surface area contributed by atoms with E-state index in [4.69, 9.17) is 5.73 Å². The lowest BCUT2D eigenvalue weighted by molar-refractivity contribution is -0.137. The van der Waals surface area contributed by atoms with E-state index in [0.717, 1.165) is 31.9 Å². The van der Waals surface area contributed by atoms with E-state index in [0.29, 0.717) is 12.1 Å². The fraction of sp³-hybridized carbons (Fsp3) is 0.600. The molecule has 0 aromatic heterocycles. The maximum atomic E-state index is 12.7. The Balaban J connectivity index is 2.12. The average Bonchev–Trinajstić information content (AvgIpc) is 2.38. The Kier molecular flexibility index (Phi) is 4.70. The first kappa shape index (κ1) is 15.3. The number of piperidine rings is 1. The number of alkyl halides is 3. The minimum absolute atomic E-state index is 0.0427. The van der Waals surface area contributed by atoms with E-state index in [1.165, 1.54) is 12.1 Å². The lowest BCUT2D eigenvalue weighted by Gasteiger charge is -2.38. The summed E-state index contributed by atoms with van der Waals surface area (Å²) in [6.07, 6.45) is -1.03. The highest BCUT2D eigenvalue weighted by Gasteiger charge is 2.31. The van der Waals surface area contributed by atoms with E-state index in [9.17, 15) is 13.2 Å². The Labute approximate surface area is 117 Å². The molecule has 1 aromatic carbocycles. The molecule has 5 heteroatoms. The highest BCUT2D eigenvalue weighted by Crippen LogP contribution is 2.30. The Morgan fingerprint density at radius 1 is 1.35 bits per heavy atom. The van der Waals surface area contributed by atoms with E-state index >= 15 is 0 Å². The summed E-state index contributed by atoms with van der Waals surface area (Å²) in [5, 5.41) is 0. The van der Waals surface area contributed by atoms with Crippen LogP contribution in [0.25, 0.3) is 0 Å². The van der Waals surface area contributed by atoms with E-state index in [1.807, 2.05) is 6.92 Å². The molecule has 2 nitrogen and oxygen atoms in total. The summed E-state index contributed by atoms with van der Waals surface area (Å²) in [6.45, 7) is 3.41. The molecule has 0 radical (unpaired) electrons. The molecule has 2 rings (SSSR count). The van der Waals surface area contributed by atoms with Crippen molar-refractivity contribution in [1.29, 1.82) is 0 Å². The first-order chi connectivity index (χ1) is 9.38. The van der Waals surface area contributed by atoms with Crippen LogP contribution in [-0.2, 0) is 12.7 Å². The number of hydrogen-bond acceptors (Lipinski definition) is 2. The minimum atomic E-state index is -4.28. The Morgan fingerprint density at radius 2 is 2.10 bits per heavy atom. The SMILES string of the molecule is CC(N)C1CCCCN1Cc1cccc(C(F)(F)F)c1. The number of hydrogen-bond donors (Lipinski definition) is 1. The van der Waals surface area contributed by atoms with Crippen LogP contribution in [0.5, 0.6) is 0 Å². The van der Waals surface area contributed by atoms with E-state index in [1.54, 1.807) is 6.07 Å². The van der Waals surface area contributed by atoms with Gasteiger partial charge in [0.05, 0.1) is 5.56 Å². The van der Waals surface area contributed by atoms with Crippen molar-refractivity contribution in [3.05, 3.63) is 35.4 Å². The van der Waals surface area contributed by atoms with Crippen molar-refractivity contribution < 1.29 is 13.2 Å². The molecule has 1 aliphatic rings. The van der Waals surface area contributed by atoms with Crippen molar-refractivity contribution in [1.82, 2.24) is 4.90 Å². The van der Waals surface area contributed by atoms with Crippen molar-refractivity contribution >= 4 is 0 Å². The number of halogens is 3. The highest BCUT2D eigenvalue weighted by molar-refractivity contribution is 5.25. The number of likely N-dealkylation sites (tertiary alicyclic amines) is 1. The largest absolute Gasteiger partial charge is 0.416 e. The molecule has 0 aliphatic carbocycles.